The van der Waals surface area contributed by atoms with Crippen LogP contribution in [0.2, 0.25) is 0 Å². The van der Waals surface area contributed by atoms with Crippen LogP contribution in [0.4, 0.5) is 0 Å². The summed E-state index contributed by atoms with van der Waals surface area (Å²) in [6.45, 7) is 6.62. The zero-order chi connectivity index (χ0) is 10.9. The van der Waals surface area contributed by atoms with Gasteiger partial charge in [0.25, 0.3) is 0 Å². The van der Waals surface area contributed by atoms with Gasteiger partial charge in [-0.25, -0.2) is 0 Å². The van der Waals surface area contributed by atoms with E-state index in [0.717, 1.165) is 17.8 Å². The fourth-order valence-electron chi connectivity index (χ4n) is 1.76. The lowest BCUT2D eigenvalue weighted by Gasteiger charge is -2.24. The first-order valence-electron chi connectivity index (χ1n) is 5.35. The van der Waals surface area contributed by atoms with Gasteiger partial charge < -0.3 is 0 Å². The molecule has 1 unspecified atom stereocenters. The molecule has 0 saturated carbocycles. The molecule has 1 aromatic rings. The van der Waals surface area contributed by atoms with Crippen LogP contribution < -0.4 is 0 Å². The van der Waals surface area contributed by atoms with Crippen molar-refractivity contribution in [2.45, 2.75) is 27.2 Å². The Morgan fingerprint density at radius 2 is 1.87 bits per heavy atom. The number of rotatable bonds is 1. The molecule has 0 aliphatic heterocycles. The summed E-state index contributed by atoms with van der Waals surface area (Å²) in [7, 11) is 0. The maximum atomic E-state index is 4.34. The second-order valence-corrected chi connectivity index (χ2v) is 4.26. The lowest BCUT2D eigenvalue weighted by atomic mass is 9.80. The maximum Gasteiger partial charge on any atom is 0.0886 e. The summed E-state index contributed by atoms with van der Waals surface area (Å²) in [4.78, 5) is 8.66. The Morgan fingerprint density at radius 1 is 1.20 bits per heavy atom. The molecule has 1 heterocycles. The zero-order valence-corrected chi connectivity index (χ0v) is 9.49. The van der Waals surface area contributed by atoms with Crippen LogP contribution in [0.25, 0.3) is 12.2 Å². The highest BCUT2D eigenvalue weighted by molar-refractivity contribution is 5.65. The van der Waals surface area contributed by atoms with Gasteiger partial charge in [0.15, 0.2) is 0 Å². The molecule has 0 spiro atoms. The summed E-state index contributed by atoms with van der Waals surface area (Å²) < 4.78 is 0. The van der Waals surface area contributed by atoms with Crippen LogP contribution in [0.15, 0.2) is 24.0 Å². The molecule has 0 saturated heterocycles. The van der Waals surface area contributed by atoms with Crippen molar-refractivity contribution in [3.8, 4) is 0 Å². The van der Waals surface area contributed by atoms with Gasteiger partial charge >= 0.3 is 0 Å². The van der Waals surface area contributed by atoms with Gasteiger partial charge in [-0.2, -0.15) is 0 Å². The summed E-state index contributed by atoms with van der Waals surface area (Å²) in [6, 6.07) is 0. The van der Waals surface area contributed by atoms with E-state index in [1.54, 1.807) is 12.4 Å². The molecule has 0 amide bonds. The lowest BCUT2D eigenvalue weighted by molar-refractivity contribution is 0.501. The van der Waals surface area contributed by atoms with E-state index in [4.69, 9.17) is 0 Å². The van der Waals surface area contributed by atoms with Crippen LogP contribution in [0, 0.1) is 5.41 Å². The zero-order valence-electron chi connectivity index (χ0n) is 9.49. The Morgan fingerprint density at radius 3 is 2.53 bits per heavy atom. The first-order chi connectivity index (χ1) is 7.15. The van der Waals surface area contributed by atoms with E-state index in [-0.39, 0.29) is 5.41 Å². The van der Waals surface area contributed by atoms with Crippen molar-refractivity contribution >= 4 is 12.2 Å². The minimum Gasteiger partial charge on any atom is -0.253 e. The fourth-order valence-corrected chi connectivity index (χ4v) is 1.76. The summed E-state index contributed by atoms with van der Waals surface area (Å²) in [5.74, 6) is 0. The van der Waals surface area contributed by atoms with E-state index in [2.05, 4.69) is 49.0 Å². The first-order valence-corrected chi connectivity index (χ1v) is 5.35. The monoisotopic (exact) mass is 200 g/mol. The van der Waals surface area contributed by atoms with E-state index in [1.165, 1.54) is 5.57 Å². The van der Waals surface area contributed by atoms with Crippen molar-refractivity contribution in [1.29, 1.82) is 0 Å². The molecule has 1 aliphatic rings. The molecule has 0 radical (unpaired) electrons. The molecule has 0 fully saturated rings. The van der Waals surface area contributed by atoms with Crippen LogP contribution in [0.5, 0.6) is 0 Å². The van der Waals surface area contributed by atoms with Crippen LogP contribution in [0.3, 0.4) is 0 Å². The second kappa shape index (κ2) is 3.61. The average Bonchev–Trinajstić information content (AvgIpc) is 2.38. The van der Waals surface area contributed by atoms with E-state index in [9.17, 15) is 0 Å². The van der Waals surface area contributed by atoms with E-state index in [0.29, 0.717) is 0 Å². The number of hydrogen-bond acceptors (Lipinski definition) is 2. The number of nitrogens with zero attached hydrogens (tertiary/aromatic N) is 2. The van der Waals surface area contributed by atoms with Crippen molar-refractivity contribution in [3.05, 3.63) is 35.4 Å². The van der Waals surface area contributed by atoms with E-state index < -0.39 is 0 Å². The number of fused-ring (bicyclic) bond motifs is 1. The Bertz CT molecular complexity index is 432. The topological polar surface area (TPSA) is 25.8 Å². The van der Waals surface area contributed by atoms with Crippen molar-refractivity contribution in [1.82, 2.24) is 9.97 Å². The minimum atomic E-state index is 0.141. The Kier molecular flexibility index (Phi) is 2.43. The Labute approximate surface area is 90.8 Å². The van der Waals surface area contributed by atoms with Gasteiger partial charge in [0, 0.05) is 17.8 Å². The molecular formula is C13H16N2. The average molecular weight is 200 g/mol. The quantitative estimate of drug-likeness (QED) is 0.695. The minimum absolute atomic E-state index is 0.141. The molecule has 2 rings (SSSR count). The van der Waals surface area contributed by atoms with Crippen molar-refractivity contribution in [2.24, 2.45) is 5.41 Å². The molecular weight excluding hydrogens is 184 g/mol. The fraction of sp³-hybridized carbons (Fsp3) is 0.385. The van der Waals surface area contributed by atoms with Gasteiger partial charge in [0.2, 0.25) is 0 Å². The van der Waals surface area contributed by atoms with Gasteiger partial charge in [-0.15, -0.1) is 0 Å². The standard InChI is InChI=1S/C13H16N2/c1-4-13(3)6-5-11-12(9-10(13)2)15-8-7-14-11/h5-9H,4H2,1-3H3. The van der Waals surface area contributed by atoms with Crippen molar-refractivity contribution in [3.63, 3.8) is 0 Å². The molecule has 1 aliphatic carbocycles. The summed E-state index contributed by atoms with van der Waals surface area (Å²) in [6.07, 6.45) is 11.0. The third-order valence-electron chi connectivity index (χ3n) is 3.35. The molecule has 0 N–H and O–H groups in total. The van der Waals surface area contributed by atoms with Gasteiger partial charge in [-0.1, -0.05) is 25.5 Å². The van der Waals surface area contributed by atoms with Crippen LogP contribution in [0.1, 0.15) is 38.6 Å². The smallest absolute Gasteiger partial charge is 0.0886 e. The molecule has 0 bridgehead atoms. The molecule has 1 atom stereocenters. The first kappa shape index (κ1) is 10.1. The summed E-state index contributed by atoms with van der Waals surface area (Å²) in [5.41, 5.74) is 3.43. The Balaban J connectivity index is 2.56. The molecule has 2 nitrogen and oxygen atoms in total. The highest BCUT2D eigenvalue weighted by Gasteiger charge is 2.23. The van der Waals surface area contributed by atoms with E-state index in [1.807, 2.05) is 0 Å². The highest BCUT2D eigenvalue weighted by atomic mass is 14.8. The largest absolute Gasteiger partial charge is 0.253 e. The predicted molar refractivity (Wildman–Crippen MR) is 63.1 cm³/mol. The van der Waals surface area contributed by atoms with Gasteiger partial charge in [-0.3, -0.25) is 9.97 Å². The SMILES string of the molecule is CCC1(C)C=Cc2nccnc2C=C1C. The third-order valence-corrected chi connectivity index (χ3v) is 3.35. The normalized spacial score (nSPS) is 24.3. The number of aromatic nitrogens is 2. The second-order valence-electron chi connectivity index (χ2n) is 4.26. The Hall–Kier alpha value is -1.44. The molecule has 2 heteroatoms. The summed E-state index contributed by atoms with van der Waals surface area (Å²) in [5, 5.41) is 0. The highest BCUT2D eigenvalue weighted by Crippen LogP contribution is 2.36. The van der Waals surface area contributed by atoms with Gasteiger partial charge in [0.1, 0.15) is 0 Å². The number of allylic oxidation sites excluding steroid dienone is 2. The van der Waals surface area contributed by atoms with E-state index >= 15 is 0 Å². The third kappa shape index (κ3) is 1.72. The van der Waals surface area contributed by atoms with Crippen molar-refractivity contribution < 1.29 is 0 Å². The van der Waals surface area contributed by atoms with Gasteiger partial charge in [-0.05, 0) is 25.5 Å². The molecule has 1 aromatic heterocycles. The summed E-state index contributed by atoms with van der Waals surface area (Å²) >= 11 is 0. The van der Waals surface area contributed by atoms with Crippen LogP contribution in [-0.2, 0) is 0 Å². The van der Waals surface area contributed by atoms with Crippen LogP contribution >= 0.6 is 0 Å². The van der Waals surface area contributed by atoms with Crippen molar-refractivity contribution in [2.75, 3.05) is 0 Å². The van der Waals surface area contributed by atoms with Gasteiger partial charge in [0.05, 0.1) is 11.4 Å². The predicted octanol–water partition coefficient (Wildman–Crippen LogP) is 3.32. The maximum absolute atomic E-state index is 4.34. The molecule has 0 aromatic carbocycles. The lowest BCUT2D eigenvalue weighted by Crippen LogP contribution is -2.12. The van der Waals surface area contributed by atoms with Crippen LogP contribution in [-0.4, -0.2) is 9.97 Å². The molecule has 15 heavy (non-hydrogen) atoms. The number of hydrogen-bond donors (Lipinski definition) is 0. The molecule has 78 valence electrons.